The Morgan fingerprint density at radius 2 is 2.24 bits per heavy atom. The molecule has 5 heteroatoms. The average molecular weight is 237 g/mol. The highest BCUT2D eigenvalue weighted by Gasteiger charge is 2.41. The van der Waals surface area contributed by atoms with Crippen molar-refractivity contribution in [2.75, 3.05) is 25.1 Å². The fourth-order valence-corrected chi connectivity index (χ4v) is 1.67. The maximum Gasteiger partial charge on any atom is 0.226 e. The van der Waals surface area contributed by atoms with E-state index >= 15 is 0 Å². The molecule has 2 N–H and O–H groups in total. The first kappa shape index (κ1) is 12.1. The maximum atomic E-state index is 9.22. The molecule has 0 radical (unpaired) electrons. The first-order valence-electron chi connectivity index (χ1n) is 6.01. The summed E-state index contributed by atoms with van der Waals surface area (Å²) in [5, 5.41) is 12.4. The second kappa shape index (κ2) is 4.87. The molecule has 1 aliphatic rings. The molecule has 17 heavy (non-hydrogen) atoms. The molecule has 0 spiro atoms. The van der Waals surface area contributed by atoms with E-state index in [9.17, 15) is 5.11 Å². The number of aliphatic hydroxyl groups excluding tert-OH is 1. The number of aryl methyl sites for hydroxylation is 1. The molecule has 0 amide bonds. The molecule has 0 unspecified atom stereocenters. The number of hydrogen-bond acceptors (Lipinski definition) is 5. The Balaban J connectivity index is 2.00. The van der Waals surface area contributed by atoms with Crippen LogP contribution in [-0.2, 0) is 0 Å². The van der Waals surface area contributed by atoms with Gasteiger partial charge in [0.2, 0.25) is 11.8 Å². The number of anilines is 1. The molecule has 0 atom stereocenters. The quantitative estimate of drug-likeness (QED) is 0.782. The summed E-state index contributed by atoms with van der Waals surface area (Å²) < 4.78 is 5.36. The minimum Gasteiger partial charge on any atom is -0.478 e. The maximum absolute atomic E-state index is 9.22. The van der Waals surface area contributed by atoms with E-state index in [1.807, 2.05) is 19.9 Å². The van der Waals surface area contributed by atoms with Crippen molar-refractivity contribution < 1.29 is 9.84 Å². The van der Waals surface area contributed by atoms with E-state index in [2.05, 4.69) is 15.3 Å². The molecular weight excluding hydrogens is 218 g/mol. The predicted octanol–water partition coefficient (Wildman–Crippen LogP) is 1.37. The number of rotatable bonds is 6. The van der Waals surface area contributed by atoms with E-state index in [4.69, 9.17) is 4.74 Å². The Kier molecular flexibility index (Phi) is 3.47. The van der Waals surface area contributed by atoms with Gasteiger partial charge in [-0.3, -0.25) is 0 Å². The fourth-order valence-electron chi connectivity index (χ4n) is 1.67. The van der Waals surface area contributed by atoms with Crippen LogP contribution in [0.2, 0.25) is 0 Å². The first-order valence-corrected chi connectivity index (χ1v) is 6.01. The lowest BCUT2D eigenvalue weighted by Gasteiger charge is -2.13. The van der Waals surface area contributed by atoms with Gasteiger partial charge in [-0.15, -0.1) is 0 Å². The zero-order valence-electron chi connectivity index (χ0n) is 10.4. The molecule has 0 saturated heterocycles. The van der Waals surface area contributed by atoms with E-state index in [0.717, 1.165) is 25.1 Å². The molecule has 1 fully saturated rings. The smallest absolute Gasteiger partial charge is 0.226 e. The van der Waals surface area contributed by atoms with Crippen molar-refractivity contribution in [3.05, 3.63) is 11.8 Å². The molecule has 1 aliphatic carbocycles. The molecule has 0 aliphatic heterocycles. The van der Waals surface area contributed by atoms with Gasteiger partial charge in [0.05, 0.1) is 13.2 Å². The second-order valence-corrected chi connectivity index (χ2v) is 4.62. The SMILES string of the molecule is CCOc1cc(C)nc(NCC2(CO)CC2)n1. The number of nitrogens with one attached hydrogen (secondary N) is 1. The van der Waals surface area contributed by atoms with Crippen LogP contribution in [0.3, 0.4) is 0 Å². The number of aliphatic hydroxyl groups is 1. The lowest BCUT2D eigenvalue weighted by Crippen LogP contribution is -2.20. The summed E-state index contributed by atoms with van der Waals surface area (Å²) in [6.45, 7) is 5.38. The highest BCUT2D eigenvalue weighted by molar-refractivity contribution is 5.31. The highest BCUT2D eigenvalue weighted by Crippen LogP contribution is 2.44. The number of hydrogen-bond donors (Lipinski definition) is 2. The third-order valence-electron chi connectivity index (χ3n) is 3.04. The van der Waals surface area contributed by atoms with Crippen molar-refractivity contribution in [2.45, 2.75) is 26.7 Å². The van der Waals surface area contributed by atoms with Gasteiger partial charge in [0.15, 0.2) is 0 Å². The van der Waals surface area contributed by atoms with Gasteiger partial charge in [0.1, 0.15) is 0 Å². The normalized spacial score (nSPS) is 16.6. The lowest BCUT2D eigenvalue weighted by atomic mass is 10.1. The van der Waals surface area contributed by atoms with E-state index in [1.54, 1.807) is 0 Å². The molecule has 1 aromatic heterocycles. The molecular formula is C12H19N3O2. The van der Waals surface area contributed by atoms with Crippen molar-refractivity contribution in [2.24, 2.45) is 5.41 Å². The van der Waals surface area contributed by atoms with Crippen LogP contribution in [0.5, 0.6) is 5.88 Å². The van der Waals surface area contributed by atoms with Gasteiger partial charge in [-0.25, -0.2) is 4.98 Å². The molecule has 5 nitrogen and oxygen atoms in total. The molecule has 1 aromatic rings. The summed E-state index contributed by atoms with van der Waals surface area (Å²) in [5.74, 6) is 1.17. The monoisotopic (exact) mass is 237 g/mol. The fraction of sp³-hybridized carbons (Fsp3) is 0.667. The Morgan fingerprint density at radius 3 is 2.82 bits per heavy atom. The van der Waals surface area contributed by atoms with Crippen LogP contribution in [0, 0.1) is 12.3 Å². The number of ether oxygens (including phenoxy) is 1. The summed E-state index contributed by atoms with van der Waals surface area (Å²) in [4.78, 5) is 8.56. The van der Waals surface area contributed by atoms with E-state index < -0.39 is 0 Å². The standard InChI is InChI=1S/C12H19N3O2/c1-3-17-10-6-9(2)14-11(15-10)13-7-12(8-16)4-5-12/h6,16H,3-5,7-8H2,1-2H3,(H,13,14,15). The molecule has 1 heterocycles. The van der Waals surface area contributed by atoms with Gasteiger partial charge in [-0.1, -0.05) is 0 Å². The van der Waals surface area contributed by atoms with Crippen LogP contribution < -0.4 is 10.1 Å². The summed E-state index contributed by atoms with van der Waals surface area (Å²) in [5.41, 5.74) is 0.929. The Bertz CT molecular complexity index is 391. The molecule has 94 valence electrons. The van der Waals surface area contributed by atoms with Crippen LogP contribution in [-0.4, -0.2) is 34.8 Å². The first-order chi connectivity index (χ1) is 8.17. The highest BCUT2D eigenvalue weighted by atomic mass is 16.5. The van der Waals surface area contributed by atoms with Gasteiger partial charge in [0, 0.05) is 23.7 Å². The minimum atomic E-state index is 0.0544. The summed E-state index contributed by atoms with van der Waals surface area (Å²) >= 11 is 0. The molecule has 2 rings (SSSR count). The van der Waals surface area contributed by atoms with Crippen molar-refractivity contribution in [1.29, 1.82) is 0 Å². The van der Waals surface area contributed by atoms with Crippen molar-refractivity contribution >= 4 is 5.95 Å². The van der Waals surface area contributed by atoms with Crippen molar-refractivity contribution in [3.8, 4) is 5.88 Å². The number of nitrogens with zero attached hydrogens (tertiary/aromatic N) is 2. The molecule has 0 aromatic carbocycles. The molecule has 1 saturated carbocycles. The van der Waals surface area contributed by atoms with Crippen LogP contribution >= 0.6 is 0 Å². The summed E-state index contributed by atoms with van der Waals surface area (Å²) in [7, 11) is 0. The lowest BCUT2D eigenvalue weighted by molar-refractivity contribution is 0.219. The third kappa shape index (κ3) is 3.06. The Labute approximate surface area is 101 Å². The summed E-state index contributed by atoms with van der Waals surface area (Å²) in [6, 6.07) is 1.81. The largest absolute Gasteiger partial charge is 0.478 e. The van der Waals surface area contributed by atoms with Crippen LogP contribution in [0.4, 0.5) is 5.95 Å². The minimum absolute atomic E-state index is 0.0544. The summed E-state index contributed by atoms with van der Waals surface area (Å²) in [6.07, 6.45) is 2.14. The Hall–Kier alpha value is -1.36. The Morgan fingerprint density at radius 1 is 1.47 bits per heavy atom. The average Bonchev–Trinajstić information content (AvgIpc) is 3.07. The third-order valence-corrected chi connectivity index (χ3v) is 3.04. The second-order valence-electron chi connectivity index (χ2n) is 4.62. The van der Waals surface area contributed by atoms with Gasteiger partial charge in [-0.05, 0) is 26.7 Å². The van der Waals surface area contributed by atoms with Crippen LogP contribution in [0.25, 0.3) is 0 Å². The van der Waals surface area contributed by atoms with Gasteiger partial charge in [0.25, 0.3) is 0 Å². The van der Waals surface area contributed by atoms with Crippen molar-refractivity contribution in [3.63, 3.8) is 0 Å². The van der Waals surface area contributed by atoms with Crippen molar-refractivity contribution in [1.82, 2.24) is 9.97 Å². The van der Waals surface area contributed by atoms with Gasteiger partial charge >= 0.3 is 0 Å². The predicted molar refractivity (Wildman–Crippen MR) is 65.2 cm³/mol. The number of aromatic nitrogens is 2. The van der Waals surface area contributed by atoms with Crippen LogP contribution in [0.1, 0.15) is 25.5 Å². The van der Waals surface area contributed by atoms with E-state index in [1.165, 1.54) is 0 Å². The van der Waals surface area contributed by atoms with E-state index in [0.29, 0.717) is 18.4 Å². The zero-order chi connectivity index (χ0) is 12.3. The van der Waals surface area contributed by atoms with E-state index in [-0.39, 0.29) is 12.0 Å². The molecule has 0 bridgehead atoms. The van der Waals surface area contributed by atoms with Crippen LogP contribution in [0.15, 0.2) is 6.07 Å². The van der Waals surface area contributed by atoms with Gasteiger partial charge in [-0.2, -0.15) is 4.98 Å². The topological polar surface area (TPSA) is 67.3 Å². The zero-order valence-corrected chi connectivity index (χ0v) is 10.4. The van der Waals surface area contributed by atoms with Gasteiger partial charge < -0.3 is 15.2 Å².